The Morgan fingerprint density at radius 2 is 2.19 bits per heavy atom. The number of H-pyrrole nitrogens is 1. The number of carbonyl (C=O) groups excluding carboxylic acids is 1. The summed E-state index contributed by atoms with van der Waals surface area (Å²) in [6, 6.07) is 13.3. The van der Waals surface area contributed by atoms with Crippen LogP contribution in [0.5, 0.6) is 0 Å². The second kappa shape index (κ2) is 6.37. The third-order valence-electron chi connectivity index (χ3n) is 4.43. The number of nitriles is 1. The zero-order valence-corrected chi connectivity index (χ0v) is 14.3. The molecule has 0 fully saturated rings. The molecule has 0 radical (unpaired) electrons. The lowest BCUT2D eigenvalue weighted by Crippen LogP contribution is -2.11. The predicted octanol–water partition coefficient (Wildman–Crippen LogP) is 4.05. The fourth-order valence-corrected chi connectivity index (χ4v) is 3.18. The van der Waals surface area contributed by atoms with Crippen LogP contribution in [0.25, 0.3) is 21.8 Å². The fourth-order valence-electron chi connectivity index (χ4n) is 3.18. The Hall–Kier alpha value is -3.59. The van der Waals surface area contributed by atoms with Crippen molar-refractivity contribution in [1.82, 2.24) is 14.8 Å². The molecule has 4 aromatic rings. The molecule has 0 saturated heterocycles. The van der Waals surface area contributed by atoms with Crippen molar-refractivity contribution in [2.75, 3.05) is 5.32 Å². The van der Waals surface area contributed by atoms with Gasteiger partial charge in [-0.2, -0.15) is 10.4 Å². The molecule has 0 unspecified atom stereocenters. The van der Waals surface area contributed by atoms with Crippen LogP contribution in [-0.4, -0.2) is 20.7 Å². The second-order valence-corrected chi connectivity index (χ2v) is 6.21. The second-order valence-electron chi connectivity index (χ2n) is 6.21. The van der Waals surface area contributed by atoms with Crippen LogP contribution in [0.2, 0.25) is 0 Å². The third-order valence-corrected chi connectivity index (χ3v) is 4.43. The van der Waals surface area contributed by atoms with Gasteiger partial charge in [-0.25, -0.2) is 0 Å². The topological polar surface area (TPSA) is 86.5 Å². The van der Waals surface area contributed by atoms with Crippen molar-refractivity contribution in [1.29, 1.82) is 5.26 Å². The van der Waals surface area contributed by atoms with Crippen LogP contribution in [0.1, 0.15) is 29.3 Å². The minimum absolute atomic E-state index is 0.195. The van der Waals surface area contributed by atoms with E-state index in [9.17, 15) is 10.1 Å². The molecule has 2 N–H and O–H groups in total. The summed E-state index contributed by atoms with van der Waals surface area (Å²) in [5, 5.41) is 20.9. The molecular formula is C20H17N5O. The van der Waals surface area contributed by atoms with Gasteiger partial charge in [-0.3, -0.25) is 9.89 Å². The SMILES string of the molecule is CCCn1cc(C#N)c2cc(NC(=O)c3ccc4[nH]ncc4c3)ccc21. The highest BCUT2D eigenvalue weighted by atomic mass is 16.1. The normalized spacial score (nSPS) is 10.9. The zero-order valence-electron chi connectivity index (χ0n) is 14.3. The van der Waals surface area contributed by atoms with Crippen LogP contribution >= 0.6 is 0 Å². The summed E-state index contributed by atoms with van der Waals surface area (Å²) in [5.74, 6) is -0.195. The first-order valence-corrected chi connectivity index (χ1v) is 8.47. The number of amides is 1. The lowest BCUT2D eigenvalue weighted by atomic mass is 10.1. The van der Waals surface area contributed by atoms with E-state index >= 15 is 0 Å². The van der Waals surface area contributed by atoms with Crippen molar-refractivity contribution < 1.29 is 4.79 Å². The molecule has 4 rings (SSSR count). The number of benzene rings is 2. The minimum Gasteiger partial charge on any atom is -0.346 e. The quantitative estimate of drug-likeness (QED) is 0.586. The van der Waals surface area contributed by atoms with E-state index in [4.69, 9.17) is 0 Å². The van der Waals surface area contributed by atoms with Crippen LogP contribution in [-0.2, 0) is 6.54 Å². The molecule has 0 saturated carbocycles. The van der Waals surface area contributed by atoms with E-state index in [0.717, 1.165) is 34.8 Å². The number of hydrogen-bond acceptors (Lipinski definition) is 3. The summed E-state index contributed by atoms with van der Waals surface area (Å²) < 4.78 is 2.08. The van der Waals surface area contributed by atoms with Gasteiger partial charge < -0.3 is 9.88 Å². The average molecular weight is 343 g/mol. The average Bonchev–Trinajstić information content (AvgIpc) is 3.25. The predicted molar refractivity (Wildman–Crippen MR) is 101 cm³/mol. The van der Waals surface area contributed by atoms with Crippen LogP contribution in [0, 0.1) is 11.3 Å². The Morgan fingerprint density at radius 1 is 1.31 bits per heavy atom. The van der Waals surface area contributed by atoms with Gasteiger partial charge in [-0.1, -0.05) is 6.92 Å². The van der Waals surface area contributed by atoms with Gasteiger partial charge in [0.2, 0.25) is 0 Å². The Bertz CT molecular complexity index is 1160. The maximum Gasteiger partial charge on any atom is 0.255 e. The maximum atomic E-state index is 12.6. The smallest absolute Gasteiger partial charge is 0.255 e. The Balaban J connectivity index is 1.66. The van der Waals surface area contributed by atoms with Gasteiger partial charge in [0, 0.05) is 40.3 Å². The van der Waals surface area contributed by atoms with Crippen molar-refractivity contribution in [2.24, 2.45) is 0 Å². The van der Waals surface area contributed by atoms with Gasteiger partial charge in [0.05, 0.1) is 17.3 Å². The van der Waals surface area contributed by atoms with Crippen molar-refractivity contribution in [2.45, 2.75) is 19.9 Å². The molecule has 2 heterocycles. The van der Waals surface area contributed by atoms with E-state index in [2.05, 4.69) is 33.1 Å². The monoisotopic (exact) mass is 343 g/mol. The maximum absolute atomic E-state index is 12.6. The Labute approximate surface area is 150 Å². The minimum atomic E-state index is -0.195. The molecule has 128 valence electrons. The van der Waals surface area contributed by atoms with Crippen LogP contribution in [0.3, 0.4) is 0 Å². The van der Waals surface area contributed by atoms with Gasteiger partial charge in [-0.15, -0.1) is 0 Å². The molecule has 0 aliphatic rings. The molecule has 0 atom stereocenters. The number of nitrogens with zero attached hydrogens (tertiary/aromatic N) is 3. The Morgan fingerprint density at radius 3 is 3.00 bits per heavy atom. The summed E-state index contributed by atoms with van der Waals surface area (Å²) in [7, 11) is 0. The van der Waals surface area contributed by atoms with E-state index in [-0.39, 0.29) is 5.91 Å². The molecule has 6 nitrogen and oxygen atoms in total. The van der Waals surface area contributed by atoms with E-state index in [1.165, 1.54) is 0 Å². The fraction of sp³-hybridized carbons (Fsp3) is 0.150. The highest BCUT2D eigenvalue weighted by molar-refractivity contribution is 6.07. The number of fused-ring (bicyclic) bond motifs is 2. The third kappa shape index (κ3) is 2.70. The molecule has 2 aromatic carbocycles. The highest BCUT2D eigenvalue weighted by Gasteiger charge is 2.11. The van der Waals surface area contributed by atoms with Crippen LogP contribution < -0.4 is 5.32 Å². The number of nitrogens with one attached hydrogen (secondary N) is 2. The lowest BCUT2D eigenvalue weighted by molar-refractivity contribution is 0.102. The number of anilines is 1. The number of carbonyl (C=O) groups is 1. The van der Waals surface area contributed by atoms with Crippen LogP contribution in [0.15, 0.2) is 48.8 Å². The molecule has 0 aliphatic carbocycles. The zero-order chi connectivity index (χ0) is 18.1. The van der Waals surface area contributed by atoms with Gasteiger partial charge in [0.15, 0.2) is 0 Å². The highest BCUT2D eigenvalue weighted by Crippen LogP contribution is 2.25. The summed E-state index contributed by atoms with van der Waals surface area (Å²) in [6.07, 6.45) is 4.55. The summed E-state index contributed by atoms with van der Waals surface area (Å²) in [5.41, 5.74) is 3.73. The van der Waals surface area contributed by atoms with Crippen LogP contribution in [0.4, 0.5) is 5.69 Å². The molecule has 0 bridgehead atoms. The number of hydrogen-bond donors (Lipinski definition) is 2. The first-order chi connectivity index (χ1) is 12.7. The summed E-state index contributed by atoms with van der Waals surface area (Å²) >= 11 is 0. The molecule has 0 spiro atoms. The Kier molecular flexibility index (Phi) is 3.90. The summed E-state index contributed by atoms with van der Waals surface area (Å²) in [6.45, 7) is 2.96. The standard InChI is InChI=1S/C20H17N5O/c1-2-7-25-12-15(10-21)17-9-16(4-6-19(17)25)23-20(26)13-3-5-18-14(8-13)11-22-24-18/h3-6,8-9,11-12H,2,7H2,1H3,(H,22,24)(H,23,26). The first-order valence-electron chi connectivity index (χ1n) is 8.47. The molecule has 0 aliphatic heterocycles. The van der Waals surface area contributed by atoms with Gasteiger partial charge in [0.1, 0.15) is 6.07 Å². The first kappa shape index (κ1) is 15.9. The molecule has 1 amide bonds. The number of aromatic amines is 1. The van der Waals surface area contributed by atoms with Crippen molar-refractivity contribution in [3.8, 4) is 6.07 Å². The molecule has 2 aromatic heterocycles. The lowest BCUT2D eigenvalue weighted by Gasteiger charge is -2.07. The van der Waals surface area contributed by atoms with E-state index in [1.54, 1.807) is 18.3 Å². The number of aromatic nitrogens is 3. The summed E-state index contributed by atoms with van der Waals surface area (Å²) in [4.78, 5) is 12.6. The number of aryl methyl sites for hydroxylation is 1. The van der Waals surface area contributed by atoms with Gasteiger partial charge in [0.25, 0.3) is 5.91 Å². The molecule has 6 heteroatoms. The van der Waals surface area contributed by atoms with E-state index < -0.39 is 0 Å². The largest absolute Gasteiger partial charge is 0.346 e. The molecule has 26 heavy (non-hydrogen) atoms. The van der Waals surface area contributed by atoms with E-state index in [1.807, 2.05) is 30.5 Å². The van der Waals surface area contributed by atoms with Crippen molar-refractivity contribution in [3.63, 3.8) is 0 Å². The van der Waals surface area contributed by atoms with Crippen molar-refractivity contribution >= 4 is 33.4 Å². The van der Waals surface area contributed by atoms with E-state index in [0.29, 0.717) is 16.8 Å². The number of rotatable bonds is 4. The van der Waals surface area contributed by atoms with Gasteiger partial charge in [-0.05, 0) is 42.8 Å². The molecular weight excluding hydrogens is 326 g/mol. The van der Waals surface area contributed by atoms with Crippen molar-refractivity contribution in [3.05, 3.63) is 59.9 Å². The van der Waals surface area contributed by atoms with Gasteiger partial charge >= 0.3 is 0 Å².